The second-order valence-corrected chi connectivity index (χ2v) is 5.58. The number of ketones is 1. The van der Waals surface area contributed by atoms with Gasteiger partial charge in [0.15, 0.2) is 0 Å². The first-order chi connectivity index (χ1) is 8.84. The van der Waals surface area contributed by atoms with Gasteiger partial charge in [0.2, 0.25) is 0 Å². The molecule has 0 bridgehead atoms. The van der Waals surface area contributed by atoms with E-state index in [0.717, 1.165) is 32.1 Å². The van der Waals surface area contributed by atoms with Crippen molar-refractivity contribution in [2.45, 2.75) is 83.5 Å². The minimum absolute atomic E-state index is 0.398. The van der Waals surface area contributed by atoms with E-state index in [1.807, 2.05) is 0 Å². The van der Waals surface area contributed by atoms with Gasteiger partial charge in [-0.1, -0.05) is 44.9 Å². The van der Waals surface area contributed by atoms with Gasteiger partial charge in [-0.25, -0.2) is 0 Å². The maximum Gasteiger partial charge on any atom is 0.135 e. The number of carbonyl (C=O) groups excluding carboxylic acids is 1. The molecule has 2 nitrogen and oxygen atoms in total. The van der Waals surface area contributed by atoms with E-state index in [1.54, 1.807) is 0 Å². The van der Waals surface area contributed by atoms with Gasteiger partial charge >= 0.3 is 0 Å². The maximum absolute atomic E-state index is 11.9. The minimum Gasteiger partial charge on any atom is -0.299 e. The largest absolute Gasteiger partial charge is 0.299 e. The molecule has 0 aromatic heterocycles. The first kappa shape index (κ1) is 15.2. The predicted octanol–water partition coefficient (Wildman–Crippen LogP) is 4.78. The van der Waals surface area contributed by atoms with Crippen LogP contribution in [0.1, 0.15) is 83.5 Å². The van der Waals surface area contributed by atoms with E-state index in [0.29, 0.717) is 18.1 Å². The van der Waals surface area contributed by atoms with Crippen molar-refractivity contribution in [2.75, 3.05) is 0 Å². The van der Waals surface area contributed by atoms with E-state index >= 15 is 0 Å². The summed E-state index contributed by atoms with van der Waals surface area (Å²) in [5, 5.41) is 8.40. The first-order valence-electron chi connectivity index (χ1n) is 7.74. The summed E-state index contributed by atoms with van der Waals surface area (Å²) in [6.45, 7) is 0. The molecule has 0 amide bonds. The molecule has 0 aromatic carbocycles. The van der Waals surface area contributed by atoms with Crippen LogP contribution in [0.25, 0.3) is 0 Å². The molecule has 0 spiro atoms. The number of unbranched alkanes of at least 4 members (excludes halogenated alkanes) is 6. The molecule has 18 heavy (non-hydrogen) atoms. The minimum atomic E-state index is 0.398. The Hall–Kier alpha value is -0.840. The second kappa shape index (κ2) is 10.1. The van der Waals surface area contributed by atoms with Crippen molar-refractivity contribution in [1.29, 1.82) is 5.26 Å². The molecule has 0 aromatic rings. The molecule has 1 rings (SSSR count). The quantitative estimate of drug-likeness (QED) is 0.552. The Bertz CT molecular complexity index is 261. The molecule has 1 aliphatic rings. The van der Waals surface area contributed by atoms with Gasteiger partial charge in [0.25, 0.3) is 0 Å². The van der Waals surface area contributed by atoms with E-state index < -0.39 is 0 Å². The zero-order chi connectivity index (χ0) is 13.1. The predicted molar refractivity (Wildman–Crippen MR) is 74.1 cm³/mol. The van der Waals surface area contributed by atoms with Gasteiger partial charge < -0.3 is 0 Å². The Morgan fingerprint density at radius 1 is 0.944 bits per heavy atom. The van der Waals surface area contributed by atoms with Crippen LogP contribution in [0, 0.1) is 17.2 Å². The van der Waals surface area contributed by atoms with Crippen LogP contribution < -0.4 is 0 Å². The van der Waals surface area contributed by atoms with Gasteiger partial charge in [0.05, 0.1) is 6.07 Å². The molecule has 0 N–H and O–H groups in total. The van der Waals surface area contributed by atoms with Crippen molar-refractivity contribution >= 4 is 5.78 Å². The van der Waals surface area contributed by atoms with Crippen molar-refractivity contribution in [2.24, 2.45) is 5.92 Å². The van der Waals surface area contributed by atoms with Crippen LogP contribution in [0.2, 0.25) is 0 Å². The fourth-order valence-corrected chi connectivity index (χ4v) is 2.84. The topological polar surface area (TPSA) is 40.9 Å². The van der Waals surface area contributed by atoms with Gasteiger partial charge in [-0.05, 0) is 25.7 Å². The molecular weight excluding hydrogens is 222 g/mol. The summed E-state index contributed by atoms with van der Waals surface area (Å²) in [5.74, 6) is 0.925. The molecule has 2 heteroatoms. The van der Waals surface area contributed by atoms with E-state index in [1.165, 1.54) is 44.9 Å². The SMILES string of the molecule is N#CCCCCCCCCC(=O)C1CCCCC1. The summed E-state index contributed by atoms with van der Waals surface area (Å²) in [7, 11) is 0. The molecule has 0 atom stereocenters. The van der Waals surface area contributed by atoms with E-state index in [2.05, 4.69) is 6.07 Å². The van der Waals surface area contributed by atoms with Crippen molar-refractivity contribution in [3.8, 4) is 6.07 Å². The lowest BCUT2D eigenvalue weighted by Gasteiger charge is -2.20. The monoisotopic (exact) mass is 249 g/mol. The molecule has 0 aliphatic heterocycles. The Morgan fingerprint density at radius 2 is 1.56 bits per heavy atom. The third-order valence-electron chi connectivity index (χ3n) is 4.02. The number of carbonyl (C=O) groups is 1. The van der Waals surface area contributed by atoms with Crippen LogP contribution in [0.15, 0.2) is 0 Å². The number of rotatable bonds is 9. The summed E-state index contributed by atoms with van der Waals surface area (Å²) in [6, 6.07) is 2.18. The van der Waals surface area contributed by atoms with Crippen molar-refractivity contribution in [1.82, 2.24) is 0 Å². The van der Waals surface area contributed by atoms with Crippen molar-refractivity contribution < 1.29 is 4.79 Å². The van der Waals surface area contributed by atoms with Crippen LogP contribution in [0.5, 0.6) is 0 Å². The van der Waals surface area contributed by atoms with Crippen molar-refractivity contribution in [3.05, 3.63) is 0 Å². The van der Waals surface area contributed by atoms with Crippen LogP contribution in [0.4, 0.5) is 0 Å². The average Bonchev–Trinajstić information content (AvgIpc) is 2.42. The zero-order valence-corrected chi connectivity index (χ0v) is 11.6. The van der Waals surface area contributed by atoms with Crippen LogP contribution in [-0.2, 0) is 4.79 Å². The highest BCUT2D eigenvalue weighted by Gasteiger charge is 2.19. The Kier molecular flexibility index (Phi) is 8.55. The van der Waals surface area contributed by atoms with Crippen LogP contribution in [-0.4, -0.2) is 5.78 Å². The highest BCUT2D eigenvalue weighted by molar-refractivity contribution is 5.80. The molecular formula is C16H27NO. The lowest BCUT2D eigenvalue weighted by atomic mass is 9.84. The molecule has 1 fully saturated rings. The summed E-state index contributed by atoms with van der Waals surface area (Å²) in [5.41, 5.74) is 0. The molecule has 0 heterocycles. The molecule has 1 saturated carbocycles. The first-order valence-corrected chi connectivity index (χ1v) is 7.74. The fraction of sp³-hybridized carbons (Fsp3) is 0.875. The number of hydrogen-bond donors (Lipinski definition) is 0. The smallest absolute Gasteiger partial charge is 0.135 e. The standard InChI is InChI=1S/C16H27NO/c17-14-10-5-3-1-2-4-9-13-16(18)15-11-7-6-8-12-15/h15H,1-13H2. The molecule has 1 aliphatic carbocycles. The van der Waals surface area contributed by atoms with E-state index in [4.69, 9.17) is 5.26 Å². The number of nitriles is 1. The van der Waals surface area contributed by atoms with Gasteiger partial charge in [-0.3, -0.25) is 4.79 Å². The zero-order valence-electron chi connectivity index (χ0n) is 11.6. The fourth-order valence-electron chi connectivity index (χ4n) is 2.84. The van der Waals surface area contributed by atoms with Crippen LogP contribution in [0.3, 0.4) is 0 Å². The Labute approximate surface area is 112 Å². The molecule has 102 valence electrons. The lowest BCUT2D eigenvalue weighted by Crippen LogP contribution is -2.17. The molecule has 0 unspecified atom stereocenters. The van der Waals surface area contributed by atoms with Gasteiger partial charge in [0, 0.05) is 18.8 Å². The normalized spacial score (nSPS) is 16.4. The lowest BCUT2D eigenvalue weighted by molar-refractivity contribution is -0.123. The second-order valence-electron chi connectivity index (χ2n) is 5.58. The highest BCUT2D eigenvalue weighted by Crippen LogP contribution is 2.26. The highest BCUT2D eigenvalue weighted by atomic mass is 16.1. The average molecular weight is 249 g/mol. The maximum atomic E-state index is 11.9. The third-order valence-corrected chi connectivity index (χ3v) is 4.02. The summed E-state index contributed by atoms with van der Waals surface area (Å²) >= 11 is 0. The summed E-state index contributed by atoms with van der Waals surface area (Å²) in [4.78, 5) is 11.9. The van der Waals surface area contributed by atoms with Crippen molar-refractivity contribution in [3.63, 3.8) is 0 Å². The van der Waals surface area contributed by atoms with Crippen LogP contribution >= 0.6 is 0 Å². The molecule has 0 radical (unpaired) electrons. The van der Waals surface area contributed by atoms with Gasteiger partial charge in [-0.2, -0.15) is 5.26 Å². The van der Waals surface area contributed by atoms with Gasteiger partial charge in [-0.15, -0.1) is 0 Å². The Morgan fingerprint density at radius 3 is 2.22 bits per heavy atom. The molecule has 0 saturated heterocycles. The van der Waals surface area contributed by atoms with E-state index in [9.17, 15) is 4.79 Å². The van der Waals surface area contributed by atoms with Gasteiger partial charge in [0.1, 0.15) is 5.78 Å². The number of Topliss-reactive ketones (excluding diaryl/α,β-unsaturated/α-hetero) is 1. The number of nitrogens with zero attached hydrogens (tertiary/aromatic N) is 1. The summed E-state index contributed by atoms with van der Waals surface area (Å²) in [6.07, 6.45) is 14.6. The van der Waals surface area contributed by atoms with E-state index in [-0.39, 0.29) is 0 Å². The number of hydrogen-bond acceptors (Lipinski definition) is 2. The third kappa shape index (κ3) is 6.79. The Balaban J connectivity index is 1.91. The summed E-state index contributed by atoms with van der Waals surface area (Å²) < 4.78 is 0.